The first-order valence-corrected chi connectivity index (χ1v) is 6.31. The summed E-state index contributed by atoms with van der Waals surface area (Å²) in [5.41, 5.74) is 8.86. The number of aromatic amines is 1. The van der Waals surface area contributed by atoms with Gasteiger partial charge in [0.1, 0.15) is 5.75 Å². The Labute approximate surface area is 112 Å². The monoisotopic (exact) mass is 261 g/mol. The van der Waals surface area contributed by atoms with E-state index in [0.29, 0.717) is 19.0 Å². The third kappa shape index (κ3) is 3.06. The van der Waals surface area contributed by atoms with Gasteiger partial charge in [0.2, 0.25) is 0 Å². The normalized spacial score (nSPS) is 10.6. The highest BCUT2D eigenvalue weighted by Crippen LogP contribution is 2.30. The Bertz CT molecular complexity index is 537. The van der Waals surface area contributed by atoms with Crippen LogP contribution in [0.4, 0.5) is 5.82 Å². The molecule has 1 aromatic heterocycles. The molecule has 0 aliphatic carbocycles. The minimum absolute atomic E-state index is 0.500. The molecule has 5 heteroatoms. The lowest BCUT2D eigenvalue weighted by Crippen LogP contribution is -2.00. The zero-order valence-corrected chi connectivity index (χ0v) is 11.3. The van der Waals surface area contributed by atoms with Crippen molar-refractivity contribution < 1.29 is 9.47 Å². The molecule has 0 unspecified atom stereocenters. The topological polar surface area (TPSA) is 73.2 Å². The summed E-state index contributed by atoms with van der Waals surface area (Å²) in [5.74, 6) is 1.30. The van der Waals surface area contributed by atoms with Crippen molar-refractivity contribution >= 4 is 5.82 Å². The van der Waals surface area contributed by atoms with Gasteiger partial charge in [-0.1, -0.05) is 12.1 Å². The molecule has 3 N–H and O–H groups in total. The van der Waals surface area contributed by atoms with Crippen molar-refractivity contribution in [1.82, 2.24) is 10.2 Å². The number of rotatable bonds is 6. The van der Waals surface area contributed by atoms with E-state index in [4.69, 9.17) is 15.2 Å². The zero-order valence-electron chi connectivity index (χ0n) is 11.3. The van der Waals surface area contributed by atoms with Gasteiger partial charge in [-0.25, -0.2) is 0 Å². The van der Waals surface area contributed by atoms with Crippen LogP contribution in [0.3, 0.4) is 0 Å². The Balaban J connectivity index is 2.29. The molecule has 0 atom stereocenters. The van der Waals surface area contributed by atoms with Crippen LogP contribution in [0.15, 0.2) is 24.3 Å². The van der Waals surface area contributed by atoms with Crippen LogP contribution < -0.4 is 10.5 Å². The fourth-order valence-corrected chi connectivity index (χ4v) is 1.99. The van der Waals surface area contributed by atoms with Gasteiger partial charge in [0.25, 0.3) is 0 Å². The molecule has 19 heavy (non-hydrogen) atoms. The van der Waals surface area contributed by atoms with Gasteiger partial charge in [0.05, 0.1) is 13.7 Å². The molecule has 1 heterocycles. The predicted molar refractivity (Wildman–Crippen MR) is 75.2 cm³/mol. The van der Waals surface area contributed by atoms with Crippen LogP contribution in [-0.2, 0) is 11.2 Å². The second kappa shape index (κ2) is 6.24. The highest BCUT2D eigenvalue weighted by molar-refractivity contribution is 5.77. The molecule has 0 aliphatic rings. The number of aromatic nitrogens is 2. The maximum Gasteiger partial charge on any atom is 0.153 e. The van der Waals surface area contributed by atoms with E-state index in [2.05, 4.69) is 10.2 Å². The van der Waals surface area contributed by atoms with E-state index in [0.717, 1.165) is 29.0 Å². The van der Waals surface area contributed by atoms with Crippen LogP contribution in [0.1, 0.15) is 12.6 Å². The number of nitrogens with two attached hydrogens (primary N) is 1. The zero-order chi connectivity index (χ0) is 13.7. The van der Waals surface area contributed by atoms with Gasteiger partial charge in [0.15, 0.2) is 5.82 Å². The first-order valence-electron chi connectivity index (χ1n) is 6.31. The number of methoxy groups -OCH3 is 1. The summed E-state index contributed by atoms with van der Waals surface area (Å²) in [6.45, 7) is 3.33. The van der Waals surface area contributed by atoms with Gasteiger partial charge in [-0.2, -0.15) is 5.10 Å². The first-order chi connectivity index (χ1) is 9.26. The number of nitrogens with one attached hydrogen (secondary N) is 1. The van der Waals surface area contributed by atoms with Crippen LogP contribution in [0.2, 0.25) is 0 Å². The molecular weight excluding hydrogens is 242 g/mol. The summed E-state index contributed by atoms with van der Waals surface area (Å²) in [7, 11) is 1.65. The Kier molecular flexibility index (Phi) is 4.41. The van der Waals surface area contributed by atoms with Crippen molar-refractivity contribution in [1.29, 1.82) is 0 Å². The third-order valence-electron chi connectivity index (χ3n) is 2.93. The summed E-state index contributed by atoms with van der Waals surface area (Å²) in [4.78, 5) is 0. The molecule has 0 aliphatic heterocycles. The molecule has 5 nitrogen and oxygen atoms in total. The number of hydrogen-bond acceptors (Lipinski definition) is 4. The molecule has 0 saturated carbocycles. The van der Waals surface area contributed by atoms with Crippen molar-refractivity contribution in [3.63, 3.8) is 0 Å². The van der Waals surface area contributed by atoms with Crippen LogP contribution in [0.5, 0.6) is 5.75 Å². The van der Waals surface area contributed by atoms with Crippen LogP contribution in [0.25, 0.3) is 11.1 Å². The highest BCUT2D eigenvalue weighted by atomic mass is 16.5. The number of H-pyrrole nitrogens is 1. The highest BCUT2D eigenvalue weighted by Gasteiger charge is 2.13. The molecule has 2 rings (SSSR count). The Hall–Kier alpha value is -2.01. The van der Waals surface area contributed by atoms with Gasteiger partial charge in [-0.15, -0.1) is 0 Å². The van der Waals surface area contributed by atoms with E-state index >= 15 is 0 Å². The van der Waals surface area contributed by atoms with E-state index < -0.39 is 0 Å². The van der Waals surface area contributed by atoms with Gasteiger partial charge in [0, 0.05) is 24.3 Å². The van der Waals surface area contributed by atoms with Crippen LogP contribution in [0, 0.1) is 0 Å². The van der Waals surface area contributed by atoms with Crippen molar-refractivity contribution in [2.75, 3.05) is 26.1 Å². The Morgan fingerprint density at radius 3 is 2.95 bits per heavy atom. The van der Waals surface area contributed by atoms with Gasteiger partial charge in [-0.3, -0.25) is 5.10 Å². The lowest BCUT2D eigenvalue weighted by atomic mass is 10.0. The summed E-state index contributed by atoms with van der Waals surface area (Å²) >= 11 is 0. The SMILES string of the molecule is CCOCCc1[nH]nc(N)c1-c1cccc(OC)c1. The summed E-state index contributed by atoms with van der Waals surface area (Å²) in [6.07, 6.45) is 0.755. The number of nitrogens with zero attached hydrogens (tertiary/aromatic N) is 1. The average molecular weight is 261 g/mol. The number of benzene rings is 1. The number of anilines is 1. The lowest BCUT2D eigenvalue weighted by Gasteiger charge is -2.06. The molecule has 0 spiro atoms. The smallest absolute Gasteiger partial charge is 0.153 e. The number of hydrogen-bond donors (Lipinski definition) is 2. The molecular formula is C14H19N3O2. The quantitative estimate of drug-likeness (QED) is 0.782. The second-order valence-corrected chi connectivity index (χ2v) is 4.14. The predicted octanol–water partition coefficient (Wildman–Crippen LogP) is 2.25. The average Bonchev–Trinajstić information content (AvgIpc) is 2.80. The molecule has 0 amide bonds. The lowest BCUT2D eigenvalue weighted by molar-refractivity contribution is 0.150. The number of ether oxygens (including phenoxy) is 2. The van der Waals surface area contributed by atoms with Crippen molar-refractivity contribution in [2.45, 2.75) is 13.3 Å². The molecule has 0 saturated heterocycles. The maximum atomic E-state index is 5.95. The fourth-order valence-electron chi connectivity index (χ4n) is 1.99. The molecule has 1 aromatic carbocycles. The molecule has 0 bridgehead atoms. The minimum Gasteiger partial charge on any atom is -0.497 e. The summed E-state index contributed by atoms with van der Waals surface area (Å²) < 4.78 is 10.6. The van der Waals surface area contributed by atoms with Gasteiger partial charge in [-0.05, 0) is 24.6 Å². The summed E-state index contributed by atoms with van der Waals surface area (Å²) in [6, 6.07) is 7.78. The third-order valence-corrected chi connectivity index (χ3v) is 2.93. The van der Waals surface area contributed by atoms with E-state index in [1.807, 2.05) is 31.2 Å². The standard InChI is InChI=1S/C14H19N3O2/c1-3-19-8-7-12-13(14(15)17-16-12)10-5-4-6-11(9-10)18-2/h4-6,9H,3,7-8H2,1-2H3,(H3,15,16,17). The van der Waals surface area contributed by atoms with E-state index in [1.54, 1.807) is 7.11 Å². The van der Waals surface area contributed by atoms with E-state index in [1.165, 1.54) is 0 Å². The Morgan fingerprint density at radius 1 is 1.37 bits per heavy atom. The maximum absolute atomic E-state index is 5.95. The number of nitrogen functional groups attached to an aromatic ring is 1. The molecule has 102 valence electrons. The van der Waals surface area contributed by atoms with E-state index in [9.17, 15) is 0 Å². The fraction of sp³-hybridized carbons (Fsp3) is 0.357. The van der Waals surface area contributed by atoms with Gasteiger partial charge < -0.3 is 15.2 Å². The first kappa shape index (κ1) is 13.4. The molecule has 0 radical (unpaired) electrons. The van der Waals surface area contributed by atoms with Crippen molar-refractivity contribution in [2.24, 2.45) is 0 Å². The molecule has 2 aromatic rings. The molecule has 0 fully saturated rings. The van der Waals surface area contributed by atoms with Crippen molar-refractivity contribution in [3.8, 4) is 16.9 Å². The largest absolute Gasteiger partial charge is 0.497 e. The summed E-state index contributed by atoms with van der Waals surface area (Å²) in [5, 5.41) is 7.06. The van der Waals surface area contributed by atoms with Crippen LogP contribution >= 0.6 is 0 Å². The minimum atomic E-state index is 0.500. The second-order valence-electron chi connectivity index (χ2n) is 4.14. The van der Waals surface area contributed by atoms with E-state index in [-0.39, 0.29) is 0 Å². The van der Waals surface area contributed by atoms with Crippen LogP contribution in [-0.4, -0.2) is 30.5 Å². The van der Waals surface area contributed by atoms with Crippen molar-refractivity contribution in [3.05, 3.63) is 30.0 Å². The Morgan fingerprint density at radius 2 is 2.21 bits per heavy atom. The van der Waals surface area contributed by atoms with Gasteiger partial charge >= 0.3 is 0 Å².